The molecule has 0 aromatic heterocycles. The van der Waals surface area contributed by atoms with E-state index in [0.717, 1.165) is 25.0 Å². The highest BCUT2D eigenvalue weighted by molar-refractivity contribution is 6.48. The van der Waals surface area contributed by atoms with Crippen LogP contribution in [0.3, 0.4) is 0 Å². The standard InChI is InChI=1S/C24H19Cl3F4N2O2/c25-17-7-15(8-18(26)20(17)27)23(24(29,30)31)11-19(33-35-23)12-1-3-14(4-2-12)22(28)9-13(10-22)21(34)32-16-5-6-16/h1-4,7-8,13,16H,5-6,9-11H2,(H,32,34). The number of rotatable bonds is 5. The number of halogens is 7. The fraction of sp³-hybridized carbons (Fsp3) is 0.417. The van der Waals surface area contributed by atoms with Gasteiger partial charge in [0.15, 0.2) is 0 Å². The average molecular weight is 550 g/mol. The Morgan fingerprint density at radius 3 is 2.17 bits per heavy atom. The van der Waals surface area contributed by atoms with Crippen LogP contribution in [0.5, 0.6) is 0 Å². The zero-order valence-electron chi connectivity index (χ0n) is 18.1. The number of nitrogens with zero attached hydrogens (tertiary/aromatic N) is 1. The molecule has 11 heteroatoms. The zero-order chi connectivity index (χ0) is 25.2. The molecule has 2 aromatic rings. The Kier molecular flexibility index (Phi) is 6.01. The molecule has 0 spiro atoms. The normalized spacial score (nSPS) is 28.2. The minimum absolute atomic E-state index is 0.0410. The maximum absolute atomic E-state index is 15.3. The molecule has 35 heavy (non-hydrogen) atoms. The molecule has 1 amide bonds. The zero-order valence-corrected chi connectivity index (χ0v) is 20.3. The Morgan fingerprint density at radius 1 is 1.03 bits per heavy atom. The number of hydrogen-bond acceptors (Lipinski definition) is 3. The van der Waals surface area contributed by atoms with Crippen molar-refractivity contribution in [3.8, 4) is 0 Å². The second-order valence-electron chi connectivity index (χ2n) is 9.32. The van der Waals surface area contributed by atoms with E-state index in [1.54, 1.807) is 0 Å². The summed E-state index contributed by atoms with van der Waals surface area (Å²) in [6.45, 7) is 0. The number of amides is 1. The highest BCUT2D eigenvalue weighted by Gasteiger charge is 2.62. The third-order valence-corrected chi connectivity index (χ3v) is 8.00. The van der Waals surface area contributed by atoms with Gasteiger partial charge in [-0.25, -0.2) is 4.39 Å². The van der Waals surface area contributed by atoms with Crippen LogP contribution in [-0.2, 0) is 20.9 Å². The molecule has 1 aliphatic heterocycles. The molecule has 4 nitrogen and oxygen atoms in total. The minimum Gasteiger partial charge on any atom is -0.374 e. The molecular weight excluding hydrogens is 531 g/mol. The van der Waals surface area contributed by atoms with Gasteiger partial charge in [0.25, 0.3) is 5.60 Å². The number of benzene rings is 2. The van der Waals surface area contributed by atoms with Gasteiger partial charge in [-0.1, -0.05) is 64.2 Å². The molecular formula is C24H19Cl3F4N2O2. The van der Waals surface area contributed by atoms with E-state index < -0.39 is 23.9 Å². The molecule has 0 bridgehead atoms. The number of alkyl halides is 4. The summed E-state index contributed by atoms with van der Waals surface area (Å²) >= 11 is 17.8. The van der Waals surface area contributed by atoms with Crippen LogP contribution in [0.25, 0.3) is 0 Å². The van der Waals surface area contributed by atoms with Gasteiger partial charge in [-0.05, 0) is 48.9 Å². The Bertz CT molecular complexity index is 1190. The van der Waals surface area contributed by atoms with Crippen LogP contribution in [-0.4, -0.2) is 23.8 Å². The highest BCUT2D eigenvalue weighted by atomic mass is 35.5. The van der Waals surface area contributed by atoms with Gasteiger partial charge in [0, 0.05) is 23.9 Å². The predicted molar refractivity (Wildman–Crippen MR) is 125 cm³/mol. The van der Waals surface area contributed by atoms with Crippen molar-refractivity contribution in [2.45, 2.75) is 55.6 Å². The van der Waals surface area contributed by atoms with Gasteiger partial charge in [0.05, 0.1) is 20.8 Å². The van der Waals surface area contributed by atoms with Gasteiger partial charge in [-0.15, -0.1) is 0 Å². The van der Waals surface area contributed by atoms with E-state index in [4.69, 9.17) is 39.6 Å². The van der Waals surface area contributed by atoms with Crippen LogP contribution in [0, 0.1) is 5.92 Å². The first-order valence-corrected chi connectivity index (χ1v) is 12.1. The van der Waals surface area contributed by atoms with E-state index in [0.29, 0.717) is 11.1 Å². The molecule has 1 unspecified atom stereocenters. The van der Waals surface area contributed by atoms with Gasteiger partial charge in [-0.2, -0.15) is 13.2 Å². The lowest BCUT2D eigenvalue weighted by atomic mass is 9.68. The molecule has 186 valence electrons. The van der Waals surface area contributed by atoms with Crippen LogP contribution in [0.2, 0.25) is 15.1 Å². The molecule has 2 aromatic carbocycles. The van der Waals surface area contributed by atoms with Gasteiger partial charge >= 0.3 is 6.18 Å². The molecule has 5 rings (SSSR count). The molecule has 1 heterocycles. The van der Waals surface area contributed by atoms with Crippen molar-refractivity contribution in [1.29, 1.82) is 0 Å². The summed E-state index contributed by atoms with van der Waals surface area (Å²) in [5, 5.41) is 6.25. The van der Waals surface area contributed by atoms with E-state index in [1.165, 1.54) is 24.3 Å². The summed E-state index contributed by atoms with van der Waals surface area (Å²) < 4.78 is 57.9. The van der Waals surface area contributed by atoms with E-state index in [9.17, 15) is 18.0 Å². The number of carbonyl (C=O) groups is 1. The molecule has 0 saturated heterocycles. The number of hydrogen-bond donors (Lipinski definition) is 1. The summed E-state index contributed by atoms with van der Waals surface area (Å²) in [5.74, 6) is -0.501. The minimum atomic E-state index is -4.84. The largest absolute Gasteiger partial charge is 0.435 e. The van der Waals surface area contributed by atoms with E-state index in [2.05, 4.69) is 10.5 Å². The summed E-state index contributed by atoms with van der Waals surface area (Å²) in [6.07, 6.45) is -3.41. The molecule has 3 aliphatic rings. The Morgan fingerprint density at radius 2 is 1.63 bits per heavy atom. The van der Waals surface area contributed by atoms with Gasteiger partial charge < -0.3 is 10.2 Å². The lowest BCUT2D eigenvalue weighted by Gasteiger charge is -2.40. The van der Waals surface area contributed by atoms with Crippen molar-refractivity contribution in [3.05, 3.63) is 68.2 Å². The maximum Gasteiger partial charge on any atom is 0.435 e. The van der Waals surface area contributed by atoms with Gasteiger partial charge in [0.2, 0.25) is 5.91 Å². The maximum atomic E-state index is 15.3. The second-order valence-corrected chi connectivity index (χ2v) is 10.5. The molecule has 2 aliphatic carbocycles. The lowest BCUT2D eigenvalue weighted by molar-refractivity contribution is -0.275. The molecule has 0 radical (unpaired) electrons. The van der Waals surface area contributed by atoms with Crippen molar-refractivity contribution < 1.29 is 27.2 Å². The van der Waals surface area contributed by atoms with Gasteiger partial charge in [0.1, 0.15) is 5.67 Å². The first-order valence-electron chi connectivity index (χ1n) is 11.0. The molecule has 2 saturated carbocycles. The van der Waals surface area contributed by atoms with Crippen molar-refractivity contribution in [1.82, 2.24) is 5.32 Å². The molecule has 1 atom stereocenters. The number of carbonyl (C=O) groups excluding carboxylic acids is 1. The first-order chi connectivity index (χ1) is 16.4. The smallest absolute Gasteiger partial charge is 0.374 e. The van der Waals surface area contributed by atoms with Crippen molar-refractivity contribution in [2.75, 3.05) is 0 Å². The van der Waals surface area contributed by atoms with Crippen molar-refractivity contribution in [3.63, 3.8) is 0 Å². The summed E-state index contributed by atoms with van der Waals surface area (Å²) in [6, 6.07) is 8.37. The highest BCUT2D eigenvalue weighted by Crippen LogP contribution is 2.52. The van der Waals surface area contributed by atoms with Crippen LogP contribution >= 0.6 is 34.8 Å². The van der Waals surface area contributed by atoms with Crippen LogP contribution < -0.4 is 5.32 Å². The quantitative estimate of drug-likeness (QED) is 0.320. The van der Waals surface area contributed by atoms with Crippen LogP contribution in [0.4, 0.5) is 17.6 Å². The van der Waals surface area contributed by atoms with E-state index >= 15 is 4.39 Å². The predicted octanol–water partition coefficient (Wildman–Crippen LogP) is 7.08. The fourth-order valence-corrected chi connectivity index (χ4v) is 5.09. The third kappa shape index (κ3) is 4.38. The third-order valence-electron chi connectivity index (χ3n) is 6.81. The number of oxime groups is 1. The second kappa shape index (κ2) is 8.53. The topological polar surface area (TPSA) is 50.7 Å². The summed E-state index contributed by atoms with van der Waals surface area (Å²) in [4.78, 5) is 17.1. The first kappa shape index (κ1) is 24.7. The lowest BCUT2D eigenvalue weighted by Crippen LogP contribution is -2.46. The summed E-state index contributed by atoms with van der Waals surface area (Å²) in [5.41, 5.74) is -4.00. The van der Waals surface area contributed by atoms with E-state index in [-0.39, 0.29) is 57.1 Å². The Balaban J connectivity index is 1.33. The van der Waals surface area contributed by atoms with Crippen molar-refractivity contribution in [2.24, 2.45) is 11.1 Å². The number of nitrogens with one attached hydrogen (secondary N) is 1. The average Bonchev–Trinajstić information content (AvgIpc) is 3.47. The van der Waals surface area contributed by atoms with Crippen LogP contribution in [0.15, 0.2) is 41.6 Å². The van der Waals surface area contributed by atoms with Gasteiger partial charge in [-0.3, -0.25) is 4.79 Å². The monoisotopic (exact) mass is 548 g/mol. The molecule has 2 fully saturated rings. The Labute approximate surface area is 213 Å². The molecule has 1 N–H and O–H groups in total. The fourth-order valence-electron chi connectivity index (χ4n) is 4.50. The van der Waals surface area contributed by atoms with E-state index in [1.807, 2.05) is 0 Å². The van der Waals surface area contributed by atoms with Crippen LogP contribution in [0.1, 0.15) is 48.8 Å². The van der Waals surface area contributed by atoms with Crippen molar-refractivity contribution >= 4 is 46.4 Å². The SMILES string of the molecule is O=C(NC1CC1)C1CC(F)(c2ccc(C3=NOC(c4cc(Cl)c(Cl)c(Cl)c4)(C(F)(F)F)C3)cc2)C1. The Hall–Kier alpha value is -2.03. The summed E-state index contributed by atoms with van der Waals surface area (Å²) in [7, 11) is 0.